The van der Waals surface area contributed by atoms with Crippen LogP contribution < -0.4 is 31.1 Å². The van der Waals surface area contributed by atoms with Crippen LogP contribution in [0.1, 0.15) is 125 Å². The maximum atomic E-state index is 11.3. The molecular weight excluding hydrogens is 1560 g/mol. The summed E-state index contributed by atoms with van der Waals surface area (Å²) >= 11 is 0. The number of aromatic hydroxyl groups is 4. The number of furan rings is 2. The largest absolute Gasteiger partial charge is 0.507 e. The first-order chi connectivity index (χ1) is 58.2. The Kier molecular flexibility index (Phi) is 35.1. The molecule has 2 heterocycles. The van der Waals surface area contributed by atoms with Crippen molar-refractivity contribution in [3.63, 3.8) is 0 Å². The molecule has 0 aliphatic carbocycles. The summed E-state index contributed by atoms with van der Waals surface area (Å²) in [4.78, 5) is 0. The van der Waals surface area contributed by atoms with E-state index in [4.69, 9.17) is 8.83 Å². The van der Waals surface area contributed by atoms with Crippen LogP contribution in [0.2, 0.25) is 109 Å². The Morgan fingerprint density at radius 3 is 0.792 bits per heavy atom. The summed E-state index contributed by atoms with van der Waals surface area (Å²) in [5, 5.41) is 55.4. The smallest absolute Gasteiger partial charge is 0.135 e. The fraction of sp³-hybridized carbons (Fsp3) is 0.333. The van der Waals surface area contributed by atoms with E-state index in [1.807, 2.05) is 127 Å². The molecule has 14 rings (SSSR count). The molecule has 0 spiro atoms. The van der Waals surface area contributed by atoms with Gasteiger partial charge >= 0.3 is 0 Å². The van der Waals surface area contributed by atoms with Gasteiger partial charge in [0.15, 0.2) is 0 Å². The van der Waals surface area contributed by atoms with Crippen molar-refractivity contribution < 1.29 is 29.3 Å². The first-order valence-corrected chi connectivity index (χ1v) is 61.3. The molecule has 12 heteroatoms. The summed E-state index contributed by atoms with van der Waals surface area (Å²) < 4.78 is 12.5. The zero-order valence-corrected chi connectivity index (χ0v) is 81.9. The van der Waals surface area contributed by atoms with Crippen LogP contribution in [-0.4, -0.2) is 68.9 Å². The maximum absolute atomic E-state index is 11.3. The third-order valence-corrected chi connectivity index (χ3v) is 62.5. The minimum absolute atomic E-state index is 0.328. The topological polar surface area (TPSA) is 107 Å². The van der Waals surface area contributed by atoms with Crippen molar-refractivity contribution in [3.05, 3.63) is 279 Å². The van der Waals surface area contributed by atoms with Crippen molar-refractivity contribution in [1.82, 2.24) is 0 Å². The van der Waals surface area contributed by atoms with Gasteiger partial charge in [0.05, 0.1) is 48.4 Å². The van der Waals surface area contributed by atoms with Crippen LogP contribution in [0.25, 0.3) is 88.4 Å². The minimum Gasteiger partial charge on any atom is -0.507 e. The molecule has 0 bridgehead atoms. The molecule has 4 N–H and O–H groups in total. The van der Waals surface area contributed by atoms with Crippen molar-refractivity contribution in [2.45, 2.75) is 233 Å². The molecule has 0 saturated carbocycles. The standard InChI is InChI=1S/C24H36OSi2.C24H38OSi2.2C18H24OSi.C12H8O.C12H10O/c1-7-26(8-2,9-3)21-17-13-15-19-20-16-14-18-22(24(20)25-23(19)21)27(10-4,11-5)12-6;1-7-26(8-2,9-3)21-16-13-15-20(19-21)22-17-14-18-23(24(22)25)27(10-4,11-5)12-6;1-4-20(5-2,6-3)16-11-9-10-15(14-16)17-12-7-8-13-18(17)19;1-4-20(5-2,6-3)17-14-10-13-16(18(17)19)15-11-8-7-9-12-15;1-3-7-11-9(5-1)10-6-2-4-8-12(10)13-11;13-12-9-5-4-8-11(12)10-6-2-1-3-7-10/h13-18H,7-12H2,1-6H3;13-19,25H,7-12H2,1-6H3;2*7-14,19H,4-6H2,1-3H3;1-8H;1-9,13H. The Labute approximate surface area is 727 Å². The monoisotopic (exact) mass is 1700 g/mol. The minimum atomic E-state index is -1.61. The van der Waals surface area contributed by atoms with Gasteiger partial charge in [0.1, 0.15) is 45.3 Å². The Bertz CT molecular complexity index is 5320. The highest BCUT2D eigenvalue weighted by Gasteiger charge is 2.38. The quantitative estimate of drug-likeness (QED) is 0.0364. The predicted octanol–water partition coefficient (Wildman–Crippen LogP) is 29.7. The third-order valence-electron chi connectivity index (χ3n) is 28.9. The van der Waals surface area contributed by atoms with Gasteiger partial charge in [0, 0.05) is 43.8 Å². The van der Waals surface area contributed by atoms with E-state index in [-0.39, 0.29) is 0 Å². The van der Waals surface area contributed by atoms with E-state index >= 15 is 0 Å². The summed E-state index contributed by atoms with van der Waals surface area (Å²) in [6, 6.07) is 118. The summed E-state index contributed by atoms with van der Waals surface area (Å²) in [7, 11) is -8.93. The van der Waals surface area contributed by atoms with E-state index in [0.717, 1.165) is 50.1 Å². The second kappa shape index (κ2) is 44.5. The van der Waals surface area contributed by atoms with Gasteiger partial charge in [-0.3, -0.25) is 0 Å². The molecule has 0 fully saturated rings. The van der Waals surface area contributed by atoms with Crippen molar-refractivity contribution in [1.29, 1.82) is 0 Å². The molecule has 632 valence electrons. The Hall–Kier alpha value is -9.26. The van der Waals surface area contributed by atoms with E-state index in [1.165, 1.54) is 163 Å². The molecule has 0 atom stereocenters. The Morgan fingerprint density at radius 1 is 0.200 bits per heavy atom. The molecule has 6 nitrogen and oxygen atoms in total. The highest BCUT2D eigenvalue weighted by atomic mass is 28.3. The van der Waals surface area contributed by atoms with E-state index in [9.17, 15) is 20.4 Å². The van der Waals surface area contributed by atoms with Gasteiger partial charge in [-0.15, -0.1) is 0 Å². The normalized spacial score (nSPS) is 11.8. The maximum Gasteiger partial charge on any atom is 0.135 e. The summed E-state index contributed by atoms with van der Waals surface area (Å²) in [5.41, 5.74) is 12.6. The van der Waals surface area contributed by atoms with E-state index in [1.54, 1.807) is 27.7 Å². The molecule has 0 radical (unpaired) electrons. The second-order valence-corrected chi connectivity index (χ2v) is 64.3. The summed E-state index contributed by atoms with van der Waals surface area (Å²) in [6.45, 7) is 42.1. The molecular formula is C108H140O6Si6. The fourth-order valence-electron chi connectivity index (χ4n) is 19.5. The van der Waals surface area contributed by atoms with Crippen LogP contribution in [0.15, 0.2) is 288 Å². The first-order valence-electron chi connectivity index (χ1n) is 45.6. The van der Waals surface area contributed by atoms with Crippen LogP contribution in [0.5, 0.6) is 23.0 Å². The third kappa shape index (κ3) is 20.4. The average molecular weight is 1700 g/mol. The number of phenolic OH excluding ortho intramolecular Hbond substituents is 4. The van der Waals surface area contributed by atoms with E-state index < -0.39 is 48.4 Å². The number of benzene rings is 12. The van der Waals surface area contributed by atoms with Crippen LogP contribution in [0, 0.1) is 0 Å². The van der Waals surface area contributed by atoms with Crippen molar-refractivity contribution in [2.24, 2.45) is 0 Å². The fourth-order valence-corrected chi connectivity index (χ4v) is 41.7. The predicted molar refractivity (Wildman–Crippen MR) is 543 cm³/mol. The van der Waals surface area contributed by atoms with Gasteiger partial charge in [0.2, 0.25) is 0 Å². The van der Waals surface area contributed by atoms with Crippen LogP contribution >= 0.6 is 0 Å². The lowest BCUT2D eigenvalue weighted by Crippen LogP contribution is -2.46. The van der Waals surface area contributed by atoms with E-state index in [0.29, 0.717) is 23.0 Å². The molecule has 0 saturated heterocycles. The van der Waals surface area contributed by atoms with Crippen LogP contribution in [0.3, 0.4) is 0 Å². The van der Waals surface area contributed by atoms with Crippen molar-refractivity contribution >= 4 is 123 Å². The van der Waals surface area contributed by atoms with E-state index in [2.05, 4.69) is 264 Å². The van der Waals surface area contributed by atoms with Crippen molar-refractivity contribution in [3.8, 4) is 67.5 Å². The molecule has 0 aliphatic rings. The molecule has 14 aromatic rings. The SMILES string of the molecule is CC[Si](CC)(CC)c1cccc(-c2cccc([Si](CC)(CC)CC)c2O)c1.CC[Si](CC)(CC)c1cccc(-c2ccccc2)c1O.CC[Si](CC)(CC)c1cccc(-c2ccccc2O)c1.CC[Si](CC)(CC)c1cccc2c1oc1c([Si](CC)(CC)CC)cccc12.Oc1ccccc1-c1ccccc1.c1ccc2c(c1)oc1ccccc12. The molecule has 0 amide bonds. The highest BCUT2D eigenvalue weighted by Crippen LogP contribution is 2.39. The van der Waals surface area contributed by atoms with Gasteiger partial charge < -0.3 is 29.3 Å². The lowest BCUT2D eigenvalue weighted by Gasteiger charge is -2.31. The zero-order valence-electron chi connectivity index (χ0n) is 75.9. The van der Waals surface area contributed by atoms with Gasteiger partial charge in [0.25, 0.3) is 0 Å². The molecule has 12 aromatic carbocycles. The van der Waals surface area contributed by atoms with Gasteiger partial charge in [-0.05, 0) is 67.3 Å². The average Bonchev–Trinajstić information content (AvgIpc) is 1.59. The highest BCUT2D eigenvalue weighted by molar-refractivity contribution is 6.95. The number of hydrogen-bond donors (Lipinski definition) is 4. The van der Waals surface area contributed by atoms with Gasteiger partial charge in [-0.25, -0.2) is 0 Å². The zero-order chi connectivity index (χ0) is 86.7. The van der Waals surface area contributed by atoms with Gasteiger partial charge in [-0.1, -0.05) is 499 Å². The first kappa shape index (κ1) is 94.6. The Balaban J connectivity index is 0.000000167. The van der Waals surface area contributed by atoms with Crippen LogP contribution in [0.4, 0.5) is 0 Å². The molecule has 0 unspecified atom stereocenters. The summed E-state index contributed by atoms with van der Waals surface area (Å²) in [5.74, 6) is 1.75. The number of fused-ring (bicyclic) bond motifs is 6. The number of hydrogen-bond acceptors (Lipinski definition) is 6. The summed E-state index contributed by atoms with van der Waals surface area (Å²) in [6.07, 6.45) is 0. The molecule has 2 aromatic heterocycles. The molecule has 0 aliphatic heterocycles. The lowest BCUT2D eigenvalue weighted by atomic mass is 10.0. The number of phenols is 4. The van der Waals surface area contributed by atoms with Crippen LogP contribution in [-0.2, 0) is 0 Å². The number of rotatable bonds is 28. The number of para-hydroxylation sites is 8. The lowest BCUT2D eigenvalue weighted by molar-refractivity contribution is 0.477. The second-order valence-electron chi connectivity index (χ2n) is 32.9. The molecule has 120 heavy (non-hydrogen) atoms. The Morgan fingerprint density at radius 2 is 0.442 bits per heavy atom. The van der Waals surface area contributed by atoms with Gasteiger partial charge in [-0.2, -0.15) is 0 Å². The van der Waals surface area contributed by atoms with Crippen molar-refractivity contribution in [2.75, 3.05) is 0 Å².